The fourth-order valence-electron chi connectivity index (χ4n) is 0.799. The molecule has 0 saturated carbocycles. The Morgan fingerprint density at radius 1 is 1.67 bits per heavy atom. The summed E-state index contributed by atoms with van der Waals surface area (Å²) in [6.45, 7) is 0.878. The zero-order chi connectivity index (χ0) is 8.65. The molecule has 1 heterocycles. The lowest BCUT2D eigenvalue weighted by Gasteiger charge is -2.00. The summed E-state index contributed by atoms with van der Waals surface area (Å²) < 4.78 is 0. The van der Waals surface area contributed by atoms with Crippen molar-refractivity contribution < 1.29 is 5.11 Å². The van der Waals surface area contributed by atoms with Crippen LogP contribution in [-0.2, 0) is 0 Å². The van der Waals surface area contributed by atoms with E-state index in [-0.39, 0.29) is 6.61 Å². The predicted molar refractivity (Wildman–Crippen MR) is 48.7 cm³/mol. The van der Waals surface area contributed by atoms with Gasteiger partial charge >= 0.3 is 0 Å². The Kier molecular flexibility index (Phi) is 3.96. The van der Waals surface area contributed by atoms with E-state index in [4.69, 9.17) is 5.11 Å². The molecule has 1 aliphatic heterocycles. The van der Waals surface area contributed by atoms with Gasteiger partial charge in [-0.15, -0.1) is 0 Å². The van der Waals surface area contributed by atoms with Gasteiger partial charge in [-0.1, -0.05) is 11.8 Å². The van der Waals surface area contributed by atoms with E-state index in [0.29, 0.717) is 6.54 Å². The maximum atomic E-state index is 8.48. The van der Waals surface area contributed by atoms with Crippen LogP contribution in [0.2, 0.25) is 0 Å². The van der Waals surface area contributed by atoms with Crippen molar-refractivity contribution in [1.82, 2.24) is 5.32 Å². The van der Waals surface area contributed by atoms with Gasteiger partial charge in [0.2, 0.25) is 0 Å². The molecule has 1 rings (SSSR count). The van der Waals surface area contributed by atoms with Gasteiger partial charge in [-0.2, -0.15) is 0 Å². The van der Waals surface area contributed by atoms with E-state index in [9.17, 15) is 0 Å². The van der Waals surface area contributed by atoms with Gasteiger partial charge in [-0.25, -0.2) is 0 Å². The molecule has 0 aromatic heterocycles. The summed E-state index contributed by atoms with van der Waals surface area (Å²) in [5.41, 5.74) is 0.996. The van der Waals surface area contributed by atoms with Crippen LogP contribution in [0.15, 0.2) is 16.8 Å². The van der Waals surface area contributed by atoms with Gasteiger partial charge in [0.25, 0.3) is 0 Å². The van der Waals surface area contributed by atoms with Crippen LogP contribution in [0.25, 0.3) is 0 Å². The lowest BCUT2D eigenvalue weighted by atomic mass is 10.2. The highest BCUT2D eigenvalue weighted by molar-refractivity contribution is 5.59. The average Bonchev–Trinajstić information content (AvgIpc) is 2.14. The number of rotatable bonds is 2. The Morgan fingerprint density at radius 3 is 3.25 bits per heavy atom. The predicted octanol–water partition coefficient (Wildman–Crippen LogP) is 0.278. The van der Waals surface area contributed by atoms with Crippen molar-refractivity contribution in [1.29, 1.82) is 0 Å². The van der Waals surface area contributed by atoms with Gasteiger partial charge in [0.05, 0.1) is 12.9 Å². The van der Waals surface area contributed by atoms with Gasteiger partial charge in [-0.05, 0) is 6.42 Å². The number of unbranched alkanes of at least 4 members (excludes halogenated alkanes) is 1. The van der Waals surface area contributed by atoms with Crippen molar-refractivity contribution in [3.05, 3.63) is 11.8 Å². The molecule has 3 nitrogen and oxygen atoms in total. The molecule has 0 spiro atoms. The number of aliphatic hydroxyl groups excluding tert-OH is 1. The first-order valence-electron chi connectivity index (χ1n) is 3.96. The molecule has 0 aliphatic carbocycles. The molecular weight excluding hydrogens is 152 g/mol. The minimum atomic E-state index is 0.212. The number of nitrogens with zero attached hydrogens (tertiary/aromatic N) is 1. The maximum Gasteiger partial charge on any atom is 0.0868 e. The summed E-state index contributed by atoms with van der Waals surface area (Å²) >= 11 is 0. The monoisotopic (exact) mass is 164 g/mol. The average molecular weight is 164 g/mol. The first-order valence-corrected chi connectivity index (χ1v) is 3.96. The number of hydrogen-bond donors (Lipinski definition) is 2. The molecule has 0 bridgehead atoms. The second-order valence-electron chi connectivity index (χ2n) is 2.43. The largest absolute Gasteiger partial charge is 0.396 e. The van der Waals surface area contributed by atoms with Crippen LogP contribution in [0.4, 0.5) is 0 Å². The van der Waals surface area contributed by atoms with E-state index in [2.05, 4.69) is 22.2 Å². The number of aliphatic imine (C=N–C) groups is 1. The van der Waals surface area contributed by atoms with Gasteiger partial charge in [-0.3, -0.25) is 4.99 Å². The smallest absolute Gasteiger partial charge is 0.0868 e. The quantitative estimate of drug-likeness (QED) is 0.455. The van der Waals surface area contributed by atoms with Crippen LogP contribution in [0, 0.1) is 11.8 Å². The second-order valence-corrected chi connectivity index (χ2v) is 2.43. The Labute approximate surface area is 72.2 Å². The lowest BCUT2D eigenvalue weighted by Crippen LogP contribution is -2.09. The fourth-order valence-corrected chi connectivity index (χ4v) is 0.799. The highest BCUT2D eigenvalue weighted by Gasteiger charge is 1.92. The third-order valence-corrected chi connectivity index (χ3v) is 1.39. The van der Waals surface area contributed by atoms with Crippen molar-refractivity contribution in [3.8, 4) is 11.8 Å². The van der Waals surface area contributed by atoms with Crippen molar-refractivity contribution in [2.24, 2.45) is 4.99 Å². The highest BCUT2D eigenvalue weighted by atomic mass is 16.2. The van der Waals surface area contributed by atoms with Crippen LogP contribution < -0.4 is 5.32 Å². The molecule has 0 radical (unpaired) electrons. The maximum absolute atomic E-state index is 8.48. The molecule has 0 unspecified atom stereocenters. The molecule has 3 heteroatoms. The molecule has 0 aromatic rings. The standard InChI is InChI=1S/C9H12N2O/c12-5-3-1-2-4-9-6-10-8-11-7-9/h6,8,12H,1,3,5,7H2,(H,10,11). The number of aliphatic hydroxyl groups is 1. The minimum Gasteiger partial charge on any atom is -0.396 e. The highest BCUT2D eigenvalue weighted by Crippen LogP contribution is 1.94. The summed E-state index contributed by atoms with van der Waals surface area (Å²) in [6.07, 6.45) is 4.99. The third kappa shape index (κ3) is 3.22. The van der Waals surface area contributed by atoms with Crippen LogP contribution in [0.3, 0.4) is 0 Å². The Hall–Kier alpha value is -1.27. The minimum absolute atomic E-state index is 0.212. The van der Waals surface area contributed by atoms with E-state index in [0.717, 1.165) is 18.4 Å². The number of hydrogen-bond acceptors (Lipinski definition) is 3. The van der Waals surface area contributed by atoms with Crippen molar-refractivity contribution in [2.75, 3.05) is 13.2 Å². The Morgan fingerprint density at radius 2 is 2.58 bits per heavy atom. The molecule has 1 aliphatic rings. The normalized spacial score (nSPS) is 14.2. The zero-order valence-electron chi connectivity index (χ0n) is 6.88. The molecule has 0 saturated heterocycles. The molecule has 12 heavy (non-hydrogen) atoms. The molecule has 0 atom stereocenters. The molecular formula is C9H12N2O. The zero-order valence-corrected chi connectivity index (χ0v) is 6.88. The van der Waals surface area contributed by atoms with E-state index < -0.39 is 0 Å². The van der Waals surface area contributed by atoms with Crippen LogP contribution in [-0.4, -0.2) is 24.6 Å². The molecule has 0 amide bonds. The third-order valence-electron chi connectivity index (χ3n) is 1.39. The Balaban J connectivity index is 2.27. The van der Waals surface area contributed by atoms with E-state index >= 15 is 0 Å². The molecule has 0 fully saturated rings. The molecule has 0 aromatic carbocycles. The lowest BCUT2D eigenvalue weighted by molar-refractivity contribution is 0.290. The van der Waals surface area contributed by atoms with Crippen molar-refractivity contribution >= 4 is 6.34 Å². The fraction of sp³-hybridized carbons (Fsp3) is 0.444. The summed E-state index contributed by atoms with van der Waals surface area (Å²) in [7, 11) is 0. The second kappa shape index (κ2) is 5.39. The van der Waals surface area contributed by atoms with Crippen molar-refractivity contribution in [2.45, 2.75) is 12.8 Å². The van der Waals surface area contributed by atoms with Gasteiger partial charge in [0.15, 0.2) is 0 Å². The van der Waals surface area contributed by atoms with Gasteiger partial charge < -0.3 is 10.4 Å². The first-order chi connectivity index (χ1) is 5.93. The summed E-state index contributed by atoms with van der Waals surface area (Å²) in [5.74, 6) is 5.94. The molecule has 64 valence electrons. The summed E-state index contributed by atoms with van der Waals surface area (Å²) in [5, 5.41) is 11.4. The van der Waals surface area contributed by atoms with Gasteiger partial charge in [0.1, 0.15) is 0 Å². The topological polar surface area (TPSA) is 44.6 Å². The first kappa shape index (κ1) is 8.82. The van der Waals surface area contributed by atoms with Crippen LogP contribution in [0.5, 0.6) is 0 Å². The Bertz CT molecular complexity index is 245. The van der Waals surface area contributed by atoms with Crippen molar-refractivity contribution in [3.63, 3.8) is 0 Å². The summed E-state index contributed by atoms with van der Waals surface area (Å²) in [6, 6.07) is 0. The summed E-state index contributed by atoms with van der Waals surface area (Å²) in [4.78, 5) is 4.00. The van der Waals surface area contributed by atoms with Gasteiger partial charge in [0, 0.05) is 24.8 Å². The van der Waals surface area contributed by atoms with E-state index in [1.807, 2.05) is 6.20 Å². The SMILES string of the molecule is OCCCC#CC1=CNC=NC1. The number of nitrogens with one attached hydrogen (secondary N) is 1. The van der Waals surface area contributed by atoms with Crippen LogP contribution >= 0.6 is 0 Å². The van der Waals surface area contributed by atoms with Crippen LogP contribution in [0.1, 0.15) is 12.8 Å². The van der Waals surface area contributed by atoms with E-state index in [1.165, 1.54) is 0 Å². The van der Waals surface area contributed by atoms with E-state index in [1.54, 1.807) is 6.34 Å². The molecule has 2 N–H and O–H groups in total.